The molecule has 2 nitrogen and oxygen atoms in total. The molecule has 0 saturated carbocycles. The first kappa shape index (κ1) is 7.98. The molecule has 0 aromatic rings. The first-order valence-corrected chi connectivity index (χ1v) is 3.36. The maximum Gasteiger partial charge on any atom is 0.0638 e. The van der Waals surface area contributed by atoms with Crippen molar-refractivity contribution in [1.82, 2.24) is 5.06 Å². The zero-order chi connectivity index (χ0) is 6.57. The molecule has 0 aromatic carbocycles. The van der Waals surface area contributed by atoms with E-state index in [9.17, 15) is 0 Å². The van der Waals surface area contributed by atoms with Crippen LogP contribution >= 0.6 is 15.9 Å². The van der Waals surface area contributed by atoms with Gasteiger partial charge in [0.1, 0.15) is 0 Å². The van der Waals surface area contributed by atoms with Gasteiger partial charge in [0.25, 0.3) is 0 Å². The third kappa shape index (κ3) is 2.33. The van der Waals surface area contributed by atoms with Crippen LogP contribution in [-0.4, -0.2) is 24.6 Å². The summed E-state index contributed by atoms with van der Waals surface area (Å²) in [6, 6.07) is 0. The summed E-state index contributed by atoms with van der Waals surface area (Å²) in [6.07, 6.45) is 0. The van der Waals surface area contributed by atoms with Crippen molar-refractivity contribution in [1.29, 1.82) is 0 Å². The lowest BCUT2D eigenvalue weighted by Crippen LogP contribution is -2.15. The standard InChI is InChI=1S/C5H10BrNO/c1-5(4-6)7(2)8-3/h1,4H2,2-3H3. The highest BCUT2D eigenvalue weighted by Crippen LogP contribution is 2.00. The van der Waals surface area contributed by atoms with Crippen molar-refractivity contribution in [2.45, 2.75) is 0 Å². The number of hydroxylamine groups is 2. The van der Waals surface area contributed by atoms with Gasteiger partial charge in [-0.1, -0.05) is 22.5 Å². The number of nitrogens with zero attached hydrogens (tertiary/aromatic N) is 1. The van der Waals surface area contributed by atoms with Crippen LogP contribution in [-0.2, 0) is 4.84 Å². The molecule has 0 N–H and O–H groups in total. The molecule has 0 heterocycles. The van der Waals surface area contributed by atoms with Gasteiger partial charge in [-0.15, -0.1) is 0 Å². The lowest BCUT2D eigenvalue weighted by atomic mass is 10.6. The number of rotatable bonds is 3. The van der Waals surface area contributed by atoms with E-state index in [2.05, 4.69) is 22.5 Å². The molecular formula is C5H10BrNO. The van der Waals surface area contributed by atoms with Gasteiger partial charge < -0.3 is 0 Å². The van der Waals surface area contributed by atoms with E-state index in [4.69, 9.17) is 4.84 Å². The monoisotopic (exact) mass is 179 g/mol. The minimum absolute atomic E-state index is 0.747. The summed E-state index contributed by atoms with van der Waals surface area (Å²) in [6.45, 7) is 3.70. The minimum atomic E-state index is 0.747. The largest absolute Gasteiger partial charge is 0.277 e. The maximum absolute atomic E-state index is 4.81. The van der Waals surface area contributed by atoms with Crippen LogP contribution < -0.4 is 0 Å². The van der Waals surface area contributed by atoms with Crippen LogP contribution in [0.3, 0.4) is 0 Å². The molecule has 0 bridgehead atoms. The predicted octanol–water partition coefficient (Wildman–Crippen LogP) is 1.39. The van der Waals surface area contributed by atoms with Crippen LogP contribution in [0.2, 0.25) is 0 Å². The molecule has 0 atom stereocenters. The fourth-order valence-electron chi connectivity index (χ4n) is 0.213. The van der Waals surface area contributed by atoms with Gasteiger partial charge in [0.2, 0.25) is 0 Å². The molecular weight excluding hydrogens is 170 g/mol. The Balaban J connectivity index is 3.46. The molecule has 48 valence electrons. The smallest absolute Gasteiger partial charge is 0.0638 e. The van der Waals surface area contributed by atoms with E-state index in [-0.39, 0.29) is 0 Å². The van der Waals surface area contributed by atoms with Crippen LogP contribution in [0.1, 0.15) is 0 Å². The molecule has 0 unspecified atom stereocenters. The first-order valence-electron chi connectivity index (χ1n) is 2.24. The van der Waals surface area contributed by atoms with Gasteiger partial charge in [-0.3, -0.25) is 9.90 Å². The van der Waals surface area contributed by atoms with Gasteiger partial charge in [0.15, 0.2) is 0 Å². The third-order valence-electron chi connectivity index (χ3n) is 0.873. The summed E-state index contributed by atoms with van der Waals surface area (Å²) in [5.41, 5.74) is 0.910. The zero-order valence-corrected chi connectivity index (χ0v) is 6.73. The molecule has 0 aromatic heterocycles. The second-order valence-electron chi connectivity index (χ2n) is 1.38. The van der Waals surface area contributed by atoms with Gasteiger partial charge >= 0.3 is 0 Å². The average Bonchev–Trinajstić information content (AvgIpc) is 1.84. The fourth-order valence-corrected chi connectivity index (χ4v) is 0.566. The second kappa shape index (κ2) is 3.92. The minimum Gasteiger partial charge on any atom is -0.277 e. The molecule has 0 rings (SSSR count). The highest BCUT2D eigenvalue weighted by atomic mass is 79.9. The van der Waals surface area contributed by atoms with Gasteiger partial charge in [0.05, 0.1) is 7.11 Å². The highest BCUT2D eigenvalue weighted by molar-refractivity contribution is 9.09. The van der Waals surface area contributed by atoms with Crippen LogP contribution in [0.25, 0.3) is 0 Å². The van der Waals surface area contributed by atoms with Crippen LogP contribution in [0.5, 0.6) is 0 Å². The average molecular weight is 180 g/mol. The lowest BCUT2D eigenvalue weighted by Gasteiger charge is -2.15. The molecule has 0 aliphatic heterocycles. The van der Waals surface area contributed by atoms with Crippen molar-refractivity contribution < 1.29 is 4.84 Å². The Labute approximate surface area is 58.2 Å². The molecule has 0 spiro atoms. The normalized spacial score (nSPS) is 8.88. The van der Waals surface area contributed by atoms with Crippen molar-refractivity contribution in [2.24, 2.45) is 0 Å². The fraction of sp³-hybridized carbons (Fsp3) is 0.600. The van der Waals surface area contributed by atoms with E-state index in [1.807, 2.05) is 7.05 Å². The van der Waals surface area contributed by atoms with Gasteiger partial charge in [-0.25, -0.2) is 0 Å². The Morgan fingerprint density at radius 1 is 1.88 bits per heavy atom. The van der Waals surface area contributed by atoms with Crippen LogP contribution in [0.15, 0.2) is 12.3 Å². The Hall–Kier alpha value is -0.0200. The summed E-state index contributed by atoms with van der Waals surface area (Å²) in [5.74, 6) is 0. The van der Waals surface area contributed by atoms with E-state index in [1.54, 1.807) is 12.2 Å². The van der Waals surface area contributed by atoms with Crippen LogP contribution in [0.4, 0.5) is 0 Å². The summed E-state index contributed by atoms with van der Waals surface area (Å²) in [4.78, 5) is 4.81. The summed E-state index contributed by atoms with van der Waals surface area (Å²) in [7, 11) is 3.41. The van der Waals surface area contributed by atoms with E-state index in [0.717, 1.165) is 11.0 Å². The molecule has 0 fully saturated rings. The molecule has 3 heteroatoms. The van der Waals surface area contributed by atoms with E-state index in [1.165, 1.54) is 0 Å². The number of hydrogen-bond acceptors (Lipinski definition) is 2. The number of halogens is 1. The molecule has 8 heavy (non-hydrogen) atoms. The number of allylic oxidation sites excluding steroid dienone is 1. The quantitative estimate of drug-likeness (QED) is 0.480. The van der Waals surface area contributed by atoms with Crippen molar-refractivity contribution >= 4 is 15.9 Å². The van der Waals surface area contributed by atoms with E-state index >= 15 is 0 Å². The van der Waals surface area contributed by atoms with Crippen molar-refractivity contribution in [3.05, 3.63) is 12.3 Å². The van der Waals surface area contributed by atoms with Crippen LogP contribution in [0, 0.1) is 0 Å². The highest BCUT2D eigenvalue weighted by Gasteiger charge is 1.94. The SMILES string of the molecule is C=C(CBr)N(C)OC. The summed E-state index contributed by atoms with van der Waals surface area (Å²) in [5, 5.41) is 2.35. The topological polar surface area (TPSA) is 12.5 Å². The van der Waals surface area contributed by atoms with Gasteiger partial charge in [-0.2, -0.15) is 0 Å². The number of alkyl halides is 1. The van der Waals surface area contributed by atoms with E-state index < -0.39 is 0 Å². The van der Waals surface area contributed by atoms with E-state index in [0.29, 0.717) is 0 Å². The molecule has 0 amide bonds. The zero-order valence-electron chi connectivity index (χ0n) is 5.15. The maximum atomic E-state index is 4.81. The van der Waals surface area contributed by atoms with Crippen molar-refractivity contribution in [3.8, 4) is 0 Å². The Morgan fingerprint density at radius 3 is 2.50 bits per heavy atom. The summed E-state index contributed by atoms with van der Waals surface area (Å²) < 4.78 is 0. The molecule has 0 radical (unpaired) electrons. The predicted molar refractivity (Wildman–Crippen MR) is 37.7 cm³/mol. The first-order chi connectivity index (χ1) is 3.72. The summed E-state index contributed by atoms with van der Waals surface area (Å²) >= 11 is 3.23. The Bertz CT molecular complexity index is 84.5. The lowest BCUT2D eigenvalue weighted by molar-refractivity contribution is -0.0757. The van der Waals surface area contributed by atoms with Crippen molar-refractivity contribution in [3.63, 3.8) is 0 Å². The second-order valence-corrected chi connectivity index (χ2v) is 1.94. The number of hydrogen-bond donors (Lipinski definition) is 0. The Morgan fingerprint density at radius 2 is 2.38 bits per heavy atom. The molecule has 0 aliphatic carbocycles. The molecule has 0 saturated heterocycles. The van der Waals surface area contributed by atoms with Crippen molar-refractivity contribution in [2.75, 3.05) is 19.5 Å². The third-order valence-corrected chi connectivity index (χ3v) is 1.52. The van der Waals surface area contributed by atoms with Gasteiger partial charge in [0, 0.05) is 18.1 Å². The van der Waals surface area contributed by atoms with Gasteiger partial charge in [-0.05, 0) is 0 Å². The Kier molecular flexibility index (Phi) is 3.91. The molecule has 0 aliphatic rings.